The van der Waals surface area contributed by atoms with Crippen molar-refractivity contribution in [2.45, 2.75) is 25.3 Å². The van der Waals surface area contributed by atoms with Crippen LogP contribution in [0.1, 0.15) is 19.3 Å². The van der Waals surface area contributed by atoms with Gasteiger partial charge in [0.05, 0.1) is 0 Å². The van der Waals surface area contributed by atoms with Gasteiger partial charge in [-0.1, -0.05) is 6.07 Å². The zero-order valence-corrected chi connectivity index (χ0v) is 12.1. The molecule has 0 spiro atoms. The van der Waals surface area contributed by atoms with Crippen molar-refractivity contribution in [3.8, 4) is 0 Å². The monoisotopic (exact) mass is 291 g/mol. The van der Waals surface area contributed by atoms with Gasteiger partial charge in [0.15, 0.2) is 0 Å². The summed E-state index contributed by atoms with van der Waals surface area (Å²) >= 11 is 0. The summed E-state index contributed by atoms with van der Waals surface area (Å²) in [5.41, 5.74) is 0.525. The molecule has 2 saturated heterocycles. The zero-order valence-electron chi connectivity index (χ0n) is 12.1. The van der Waals surface area contributed by atoms with E-state index in [0.717, 1.165) is 32.1 Å². The molecule has 1 amide bonds. The average Bonchev–Trinajstić information content (AvgIpc) is 2.88. The molecule has 0 aliphatic carbocycles. The number of fused-ring (bicyclic) bond motifs is 1. The number of rotatable bonds is 4. The largest absolute Gasteiger partial charge is 0.326 e. The lowest BCUT2D eigenvalue weighted by molar-refractivity contribution is -0.116. The minimum atomic E-state index is -0.331. The molecule has 0 unspecified atom stereocenters. The summed E-state index contributed by atoms with van der Waals surface area (Å²) in [5.74, 6) is 0.357. The second kappa shape index (κ2) is 6.54. The number of nitrogens with one attached hydrogen (secondary N) is 2. The van der Waals surface area contributed by atoms with Crippen LogP contribution in [-0.2, 0) is 4.79 Å². The summed E-state index contributed by atoms with van der Waals surface area (Å²) in [4.78, 5) is 14.3. The Balaban J connectivity index is 1.44. The van der Waals surface area contributed by atoms with E-state index in [2.05, 4.69) is 15.5 Å². The van der Waals surface area contributed by atoms with Crippen LogP contribution < -0.4 is 10.6 Å². The predicted molar refractivity (Wildman–Crippen MR) is 80.6 cm³/mol. The van der Waals surface area contributed by atoms with E-state index in [4.69, 9.17) is 0 Å². The summed E-state index contributed by atoms with van der Waals surface area (Å²) < 4.78 is 13.1. The molecule has 0 aromatic heterocycles. The number of amides is 1. The number of hydrogen-bond donors (Lipinski definition) is 2. The molecule has 114 valence electrons. The Morgan fingerprint density at radius 1 is 1.43 bits per heavy atom. The Bertz CT molecular complexity index is 494. The summed E-state index contributed by atoms with van der Waals surface area (Å²) in [7, 11) is 0. The second-order valence-electron chi connectivity index (χ2n) is 6.03. The first-order chi connectivity index (χ1) is 10.2. The molecule has 2 atom stereocenters. The maximum Gasteiger partial charge on any atom is 0.225 e. The third kappa shape index (κ3) is 3.80. The minimum absolute atomic E-state index is 0.0524. The lowest BCUT2D eigenvalue weighted by Crippen LogP contribution is -2.40. The van der Waals surface area contributed by atoms with Gasteiger partial charge in [0.1, 0.15) is 5.82 Å². The van der Waals surface area contributed by atoms with E-state index < -0.39 is 0 Å². The first-order valence-electron chi connectivity index (χ1n) is 7.72. The van der Waals surface area contributed by atoms with E-state index in [-0.39, 0.29) is 11.7 Å². The number of carbonyl (C=O) groups is 1. The first kappa shape index (κ1) is 14.5. The van der Waals surface area contributed by atoms with Gasteiger partial charge in [-0.2, -0.15) is 0 Å². The van der Waals surface area contributed by atoms with Crippen LogP contribution in [0.15, 0.2) is 24.3 Å². The van der Waals surface area contributed by atoms with Crippen molar-refractivity contribution in [1.82, 2.24) is 10.2 Å². The minimum Gasteiger partial charge on any atom is -0.326 e. The molecule has 2 N–H and O–H groups in total. The van der Waals surface area contributed by atoms with Crippen molar-refractivity contribution in [2.75, 3.05) is 31.5 Å². The van der Waals surface area contributed by atoms with Crippen molar-refractivity contribution in [1.29, 1.82) is 0 Å². The molecule has 2 aliphatic rings. The fourth-order valence-electron chi connectivity index (χ4n) is 3.37. The zero-order chi connectivity index (χ0) is 14.7. The van der Waals surface area contributed by atoms with E-state index in [1.165, 1.54) is 25.0 Å². The number of anilines is 1. The molecule has 2 fully saturated rings. The fraction of sp³-hybridized carbons (Fsp3) is 0.562. The quantitative estimate of drug-likeness (QED) is 0.889. The summed E-state index contributed by atoms with van der Waals surface area (Å²) in [5, 5.41) is 6.31. The van der Waals surface area contributed by atoms with Crippen molar-refractivity contribution in [3.63, 3.8) is 0 Å². The Morgan fingerprint density at radius 3 is 3.14 bits per heavy atom. The molecule has 21 heavy (non-hydrogen) atoms. The van der Waals surface area contributed by atoms with Gasteiger partial charge in [-0.15, -0.1) is 0 Å². The first-order valence-corrected chi connectivity index (χ1v) is 7.72. The molecular formula is C16H22FN3O. The fourth-order valence-corrected chi connectivity index (χ4v) is 3.37. The summed E-state index contributed by atoms with van der Waals surface area (Å²) in [6.45, 7) is 4.02. The molecule has 2 heterocycles. The topological polar surface area (TPSA) is 44.4 Å². The smallest absolute Gasteiger partial charge is 0.225 e. The van der Waals surface area contributed by atoms with E-state index in [0.29, 0.717) is 18.2 Å². The van der Waals surface area contributed by atoms with Gasteiger partial charge >= 0.3 is 0 Å². The van der Waals surface area contributed by atoms with Crippen LogP contribution in [0.5, 0.6) is 0 Å². The van der Waals surface area contributed by atoms with Gasteiger partial charge in [-0.3, -0.25) is 4.79 Å². The van der Waals surface area contributed by atoms with E-state index in [1.54, 1.807) is 12.1 Å². The van der Waals surface area contributed by atoms with Gasteiger partial charge in [0.2, 0.25) is 5.91 Å². The van der Waals surface area contributed by atoms with E-state index >= 15 is 0 Å². The van der Waals surface area contributed by atoms with Crippen molar-refractivity contribution < 1.29 is 9.18 Å². The predicted octanol–water partition coefficient (Wildman–Crippen LogP) is 1.84. The SMILES string of the molecule is O=C(CCN1C[C@@H]2CCCN[C@@H]2C1)Nc1cccc(F)c1. The number of likely N-dealkylation sites (tertiary alicyclic amines) is 1. The van der Waals surface area contributed by atoms with Gasteiger partial charge in [-0.25, -0.2) is 4.39 Å². The summed E-state index contributed by atoms with van der Waals surface area (Å²) in [6.07, 6.45) is 3.01. The second-order valence-corrected chi connectivity index (χ2v) is 6.03. The highest BCUT2D eigenvalue weighted by molar-refractivity contribution is 5.90. The molecule has 5 heteroatoms. The van der Waals surface area contributed by atoms with Crippen molar-refractivity contribution in [3.05, 3.63) is 30.1 Å². The molecule has 0 bridgehead atoms. The van der Waals surface area contributed by atoms with Crippen molar-refractivity contribution in [2.24, 2.45) is 5.92 Å². The number of piperidine rings is 1. The van der Waals surface area contributed by atoms with E-state index in [9.17, 15) is 9.18 Å². The highest BCUT2D eigenvalue weighted by Crippen LogP contribution is 2.24. The van der Waals surface area contributed by atoms with E-state index in [1.807, 2.05) is 0 Å². The lowest BCUT2D eigenvalue weighted by Gasteiger charge is -2.24. The van der Waals surface area contributed by atoms with Gasteiger partial charge in [-0.05, 0) is 43.5 Å². The molecular weight excluding hydrogens is 269 g/mol. The van der Waals surface area contributed by atoms with Crippen LogP contribution in [0.4, 0.5) is 10.1 Å². The van der Waals surface area contributed by atoms with Crippen molar-refractivity contribution >= 4 is 11.6 Å². The molecule has 0 saturated carbocycles. The standard InChI is InChI=1S/C16H22FN3O/c17-13-4-1-5-14(9-13)19-16(21)6-8-20-10-12-3-2-7-18-15(12)11-20/h1,4-5,9,12,15,18H,2-3,6-8,10-11H2,(H,19,21)/t12-,15+/m0/s1. The van der Waals surface area contributed by atoms with Crippen LogP contribution in [0.2, 0.25) is 0 Å². The van der Waals surface area contributed by atoms with Crippen LogP contribution >= 0.6 is 0 Å². The molecule has 4 nitrogen and oxygen atoms in total. The number of hydrogen-bond acceptors (Lipinski definition) is 3. The van der Waals surface area contributed by atoms with Crippen LogP contribution in [0.3, 0.4) is 0 Å². The summed E-state index contributed by atoms with van der Waals surface area (Å²) in [6, 6.07) is 6.61. The number of nitrogens with zero attached hydrogens (tertiary/aromatic N) is 1. The lowest BCUT2D eigenvalue weighted by atomic mass is 9.94. The molecule has 1 aromatic carbocycles. The van der Waals surface area contributed by atoms with Gasteiger partial charge < -0.3 is 15.5 Å². The molecule has 3 rings (SSSR count). The maximum absolute atomic E-state index is 13.1. The maximum atomic E-state index is 13.1. The Morgan fingerprint density at radius 2 is 2.33 bits per heavy atom. The van der Waals surface area contributed by atoms with Crippen LogP contribution in [0.25, 0.3) is 0 Å². The third-order valence-electron chi connectivity index (χ3n) is 4.44. The van der Waals surface area contributed by atoms with Crippen LogP contribution in [-0.4, -0.2) is 43.0 Å². The number of halogens is 1. The molecule has 2 aliphatic heterocycles. The highest BCUT2D eigenvalue weighted by atomic mass is 19.1. The normalized spacial score (nSPS) is 25.6. The van der Waals surface area contributed by atoms with Gasteiger partial charge in [0.25, 0.3) is 0 Å². The Kier molecular flexibility index (Phi) is 4.51. The Hall–Kier alpha value is -1.46. The molecule has 1 aromatic rings. The number of carbonyl (C=O) groups excluding carboxylic acids is 1. The van der Waals surface area contributed by atoms with Crippen LogP contribution in [0, 0.1) is 11.7 Å². The molecule has 0 radical (unpaired) electrons. The Labute approximate surface area is 124 Å². The van der Waals surface area contributed by atoms with Gasteiger partial charge in [0, 0.05) is 37.8 Å². The third-order valence-corrected chi connectivity index (χ3v) is 4.44. The highest BCUT2D eigenvalue weighted by Gasteiger charge is 2.33. The average molecular weight is 291 g/mol. The number of benzene rings is 1.